The Balaban J connectivity index is 1.42. The van der Waals surface area contributed by atoms with E-state index in [0.29, 0.717) is 34.1 Å². The van der Waals surface area contributed by atoms with Crippen LogP contribution in [0.3, 0.4) is 0 Å². The molecule has 7 nitrogen and oxygen atoms in total. The third-order valence-electron chi connectivity index (χ3n) is 4.68. The van der Waals surface area contributed by atoms with Crippen molar-refractivity contribution in [2.45, 2.75) is 18.3 Å². The number of carbonyl (C=O) groups is 1. The average molecular weight is 409 g/mol. The van der Waals surface area contributed by atoms with Gasteiger partial charge in [-0.05, 0) is 36.2 Å². The number of thioether (sulfide) groups is 1. The van der Waals surface area contributed by atoms with Crippen LogP contribution in [0.15, 0.2) is 58.3 Å². The molecule has 1 unspecified atom stereocenters. The predicted octanol–water partition coefficient (Wildman–Crippen LogP) is 2.70. The van der Waals surface area contributed by atoms with E-state index in [2.05, 4.69) is 9.98 Å². The number of carbonyl (C=O) groups excluding carboxylic acids is 1. The van der Waals surface area contributed by atoms with Crippen molar-refractivity contribution in [2.24, 2.45) is 12.0 Å². The summed E-state index contributed by atoms with van der Waals surface area (Å²) in [6.45, 7) is 0.178. The van der Waals surface area contributed by atoms with Gasteiger partial charge in [-0.25, -0.2) is 4.98 Å². The standard InChI is InChI=1S/C21H19N3O4S/c1-24-18(22-16-6-4-3-5-15(16)20(24)26)12-28-14-9-7-13(8-10-14)11-17-19(25)23-21(27-2)29-17/h3-10,17H,11-12H2,1-2H3. The first kappa shape index (κ1) is 19.2. The van der Waals surface area contributed by atoms with Crippen molar-refractivity contribution in [1.29, 1.82) is 0 Å². The van der Waals surface area contributed by atoms with Crippen LogP contribution in [0.25, 0.3) is 10.9 Å². The van der Waals surface area contributed by atoms with Gasteiger partial charge in [0.15, 0.2) is 0 Å². The Morgan fingerprint density at radius 3 is 2.59 bits per heavy atom. The van der Waals surface area contributed by atoms with Crippen molar-refractivity contribution in [1.82, 2.24) is 9.55 Å². The van der Waals surface area contributed by atoms with E-state index in [9.17, 15) is 9.59 Å². The van der Waals surface area contributed by atoms with Crippen molar-refractivity contribution >= 4 is 33.8 Å². The van der Waals surface area contributed by atoms with Crippen LogP contribution in [0.2, 0.25) is 0 Å². The van der Waals surface area contributed by atoms with Crippen LogP contribution in [0.1, 0.15) is 11.4 Å². The summed E-state index contributed by atoms with van der Waals surface area (Å²) in [6.07, 6.45) is 0.570. The molecule has 8 heteroatoms. The summed E-state index contributed by atoms with van der Waals surface area (Å²) in [7, 11) is 3.20. The summed E-state index contributed by atoms with van der Waals surface area (Å²) < 4.78 is 12.4. The molecule has 1 amide bonds. The van der Waals surface area contributed by atoms with E-state index in [-0.39, 0.29) is 23.3 Å². The second-order valence-corrected chi connectivity index (χ2v) is 7.73. The molecule has 0 N–H and O–H groups in total. The Labute approximate surface area is 171 Å². The third-order valence-corrected chi connectivity index (χ3v) is 5.80. The van der Waals surface area contributed by atoms with Crippen LogP contribution in [0.5, 0.6) is 5.75 Å². The lowest BCUT2D eigenvalue weighted by molar-refractivity contribution is -0.117. The monoisotopic (exact) mass is 409 g/mol. The SMILES string of the molecule is COC1=NC(=O)C(Cc2ccc(OCc3nc4ccccc4c(=O)n3C)cc2)S1. The fraction of sp³-hybridized carbons (Fsp3) is 0.238. The average Bonchev–Trinajstić information content (AvgIpc) is 3.10. The molecule has 0 saturated carbocycles. The lowest BCUT2D eigenvalue weighted by Gasteiger charge is -2.11. The van der Waals surface area contributed by atoms with Crippen LogP contribution in [0, 0.1) is 0 Å². The minimum absolute atomic E-state index is 0.0964. The Morgan fingerprint density at radius 2 is 1.86 bits per heavy atom. The first-order valence-electron chi connectivity index (χ1n) is 9.04. The molecule has 1 aliphatic rings. The molecule has 2 aromatic carbocycles. The van der Waals surface area contributed by atoms with Gasteiger partial charge in [0.2, 0.25) is 0 Å². The van der Waals surface area contributed by atoms with Crippen molar-refractivity contribution in [3.05, 3.63) is 70.3 Å². The van der Waals surface area contributed by atoms with E-state index in [1.165, 1.54) is 23.4 Å². The molecule has 1 aromatic heterocycles. The number of ether oxygens (including phenoxy) is 2. The highest BCUT2D eigenvalue weighted by atomic mass is 32.2. The maximum Gasteiger partial charge on any atom is 0.263 e. The Kier molecular flexibility index (Phi) is 5.35. The number of para-hydroxylation sites is 1. The van der Waals surface area contributed by atoms with Gasteiger partial charge in [-0.3, -0.25) is 14.2 Å². The van der Waals surface area contributed by atoms with Crippen LogP contribution in [0.4, 0.5) is 0 Å². The van der Waals surface area contributed by atoms with Crippen molar-refractivity contribution in [3.63, 3.8) is 0 Å². The van der Waals surface area contributed by atoms with Crippen LogP contribution < -0.4 is 10.3 Å². The lowest BCUT2D eigenvalue weighted by Crippen LogP contribution is -2.23. The number of hydrogen-bond acceptors (Lipinski definition) is 6. The first-order valence-corrected chi connectivity index (χ1v) is 9.92. The maximum absolute atomic E-state index is 12.5. The number of aromatic nitrogens is 2. The molecule has 4 rings (SSSR count). The largest absolute Gasteiger partial charge is 0.486 e. The normalized spacial score (nSPS) is 16.1. The van der Waals surface area contributed by atoms with Gasteiger partial charge in [-0.15, -0.1) is 0 Å². The summed E-state index contributed by atoms with van der Waals surface area (Å²) >= 11 is 1.34. The van der Waals surface area contributed by atoms with E-state index < -0.39 is 0 Å². The van der Waals surface area contributed by atoms with Crippen molar-refractivity contribution in [3.8, 4) is 5.75 Å². The summed E-state index contributed by atoms with van der Waals surface area (Å²) in [5, 5.41) is 0.740. The molecule has 2 heterocycles. The van der Waals surface area contributed by atoms with Crippen molar-refractivity contribution in [2.75, 3.05) is 7.11 Å². The highest BCUT2D eigenvalue weighted by Crippen LogP contribution is 2.26. The number of amides is 1. The van der Waals surface area contributed by atoms with E-state index in [0.717, 1.165) is 5.56 Å². The van der Waals surface area contributed by atoms with Gasteiger partial charge in [-0.2, -0.15) is 4.99 Å². The number of aliphatic imine (C=N–C) groups is 1. The van der Waals surface area contributed by atoms with Gasteiger partial charge in [-0.1, -0.05) is 36.0 Å². The summed E-state index contributed by atoms with van der Waals surface area (Å²) in [5.41, 5.74) is 1.56. The van der Waals surface area contributed by atoms with E-state index in [1.54, 1.807) is 13.1 Å². The third kappa shape index (κ3) is 4.02. The molecule has 0 saturated heterocycles. The summed E-state index contributed by atoms with van der Waals surface area (Å²) in [4.78, 5) is 32.7. The summed E-state index contributed by atoms with van der Waals surface area (Å²) in [6, 6.07) is 14.8. The Bertz CT molecular complexity index is 1150. The molecule has 0 spiro atoms. The Morgan fingerprint density at radius 1 is 1.10 bits per heavy atom. The van der Waals surface area contributed by atoms with E-state index >= 15 is 0 Å². The molecule has 0 radical (unpaired) electrons. The smallest absolute Gasteiger partial charge is 0.263 e. The zero-order chi connectivity index (χ0) is 20.4. The number of fused-ring (bicyclic) bond motifs is 1. The fourth-order valence-corrected chi connectivity index (χ4v) is 3.97. The van der Waals surface area contributed by atoms with Gasteiger partial charge < -0.3 is 9.47 Å². The van der Waals surface area contributed by atoms with Crippen LogP contribution >= 0.6 is 11.8 Å². The van der Waals surface area contributed by atoms with Crippen LogP contribution in [-0.2, 0) is 29.6 Å². The number of benzene rings is 2. The second kappa shape index (κ2) is 8.08. The van der Waals surface area contributed by atoms with Gasteiger partial charge >= 0.3 is 0 Å². The number of methoxy groups -OCH3 is 1. The van der Waals surface area contributed by atoms with Crippen LogP contribution in [-0.4, -0.2) is 33.0 Å². The Hall–Kier alpha value is -3.13. The maximum atomic E-state index is 12.5. The summed E-state index contributed by atoms with van der Waals surface area (Å²) in [5.74, 6) is 1.04. The molecular weight excluding hydrogens is 390 g/mol. The van der Waals surface area contributed by atoms with E-state index in [4.69, 9.17) is 9.47 Å². The zero-order valence-corrected chi connectivity index (χ0v) is 16.8. The molecule has 1 atom stereocenters. The first-order chi connectivity index (χ1) is 14.0. The molecular formula is C21H19N3O4S. The predicted molar refractivity (Wildman–Crippen MR) is 112 cm³/mol. The molecule has 148 valence electrons. The zero-order valence-electron chi connectivity index (χ0n) is 16.0. The molecule has 0 bridgehead atoms. The number of hydrogen-bond donors (Lipinski definition) is 0. The van der Waals surface area contributed by atoms with Gasteiger partial charge in [0.1, 0.15) is 18.2 Å². The molecule has 0 aliphatic carbocycles. The topological polar surface area (TPSA) is 82.8 Å². The second-order valence-electron chi connectivity index (χ2n) is 6.57. The minimum atomic E-state index is -0.256. The fourth-order valence-electron chi connectivity index (χ4n) is 3.06. The quantitative estimate of drug-likeness (QED) is 0.644. The minimum Gasteiger partial charge on any atom is -0.486 e. The molecule has 29 heavy (non-hydrogen) atoms. The molecule has 0 fully saturated rings. The number of nitrogens with zero attached hydrogens (tertiary/aromatic N) is 3. The number of rotatable bonds is 5. The van der Waals surface area contributed by atoms with Gasteiger partial charge in [0.05, 0.1) is 23.3 Å². The van der Waals surface area contributed by atoms with Gasteiger partial charge in [0, 0.05) is 7.05 Å². The van der Waals surface area contributed by atoms with E-state index in [1.807, 2.05) is 42.5 Å². The molecule has 1 aliphatic heterocycles. The molecule has 3 aromatic rings. The van der Waals surface area contributed by atoms with Crippen molar-refractivity contribution < 1.29 is 14.3 Å². The lowest BCUT2D eigenvalue weighted by atomic mass is 10.1. The highest BCUT2D eigenvalue weighted by Gasteiger charge is 2.29. The highest BCUT2D eigenvalue weighted by molar-refractivity contribution is 8.15. The van der Waals surface area contributed by atoms with Gasteiger partial charge in [0.25, 0.3) is 16.7 Å².